The van der Waals surface area contributed by atoms with E-state index in [0.717, 1.165) is 11.4 Å². The molecule has 2 heterocycles. The molecule has 1 aliphatic rings. The Morgan fingerprint density at radius 2 is 2.38 bits per heavy atom. The maximum absolute atomic E-state index is 12.3. The Labute approximate surface area is 123 Å². The van der Waals surface area contributed by atoms with Crippen LogP contribution in [0.3, 0.4) is 0 Å². The molecule has 0 aliphatic carbocycles. The SMILES string of the molecule is C[C@H]1OCCN[C@@H]1C(=O)Nc1cccc(-n2cccn2)c1. The number of hydrogen-bond donors (Lipinski definition) is 2. The van der Waals surface area contributed by atoms with E-state index in [4.69, 9.17) is 4.74 Å². The molecule has 21 heavy (non-hydrogen) atoms. The number of nitrogens with zero attached hydrogens (tertiary/aromatic N) is 2. The summed E-state index contributed by atoms with van der Waals surface area (Å²) in [7, 11) is 0. The molecular weight excluding hydrogens is 268 g/mol. The van der Waals surface area contributed by atoms with Crippen molar-refractivity contribution in [2.24, 2.45) is 0 Å². The molecule has 0 bridgehead atoms. The molecule has 1 aliphatic heterocycles. The lowest BCUT2D eigenvalue weighted by Crippen LogP contribution is -2.53. The molecule has 1 saturated heterocycles. The Kier molecular flexibility index (Phi) is 3.98. The molecule has 2 aromatic rings. The highest BCUT2D eigenvalue weighted by Gasteiger charge is 2.28. The van der Waals surface area contributed by atoms with Crippen LogP contribution in [0.2, 0.25) is 0 Å². The monoisotopic (exact) mass is 286 g/mol. The van der Waals surface area contributed by atoms with Crippen molar-refractivity contribution in [2.45, 2.75) is 19.1 Å². The molecule has 6 nitrogen and oxygen atoms in total. The van der Waals surface area contributed by atoms with Gasteiger partial charge in [0.2, 0.25) is 5.91 Å². The second-order valence-corrected chi connectivity index (χ2v) is 5.00. The fraction of sp³-hybridized carbons (Fsp3) is 0.333. The number of nitrogens with one attached hydrogen (secondary N) is 2. The number of rotatable bonds is 3. The van der Waals surface area contributed by atoms with Crippen molar-refractivity contribution in [1.82, 2.24) is 15.1 Å². The standard InChI is InChI=1S/C15H18N4O2/c1-11-14(16-7-9-21-11)15(20)18-12-4-2-5-13(10-12)19-8-3-6-17-19/h2-6,8,10-11,14,16H,7,9H2,1H3,(H,18,20)/t11-,14+/m1/s1. The van der Waals surface area contributed by atoms with Gasteiger partial charge in [0.05, 0.1) is 18.4 Å². The third-order valence-corrected chi connectivity index (χ3v) is 3.48. The summed E-state index contributed by atoms with van der Waals surface area (Å²) in [6.45, 7) is 3.23. The summed E-state index contributed by atoms with van der Waals surface area (Å²) in [5.41, 5.74) is 1.64. The number of carbonyl (C=O) groups excluding carboxylic acids is 1. The maximum Gasteiger partial charge on any atom is 0.244 e. The van der Waals surface area contributed by atoms with Crippen LogP contribution in [0, 0.1) is 0 Å². The van der Waals surface area contributed by atoms with Crippen molar-refractivity contribution in [3.8, 4) is 5.69 Å². The van der Waals surface area contributed by atoms with Crippen LogP contribution in [-0.4, -0.2) is 41.0 Å². The first-order valence-corrected chi connectivity index (χ1v) is 7.00. The van der Waals surface area contributed by atoms with E-state index in [-0.39, 0.29) is 18.1 Å². The molecule has 1 fully saturated rings. The number of morpholine rings is 1. The van der Waals surface area contributed by atoms with Gasteiger partial charge in [0, 0.05) is 24.6 Å². The summed E-state index contributed by atoms with van der Waals surface area (Å²) in [4.78, 5) is 12.3. The van der Waals surface area contributed by atoms with Gasteiger partial charge in [-0.25, -0.2) is 4.68 Å². The van der Waals surface area contributed by atoms with Gasteiger partial charge in [-0.2, -0.15) is 5.10 Å². The maximum atomic E-state index is 12.3. The van der Waals surface area contributed by atoms with E-state index >= 15 is 0 Å². The van der Waals surface area contributed by atoms with Crippen LogP contribution in [-0.2, 0) is 9.53 Å². The lowest BCUT2D eigenvalue weighted by molar-refractivity contribution is -0.123. The van der Waals surface area contributed by atoms with Crippen LogP contribution in [0.15, 0.2) is 42.7 Å². The van der Waals surface area contributed by atoms with Crippen LogP contribution >= 0.6 is 0 Å². The highest BCUT2D eigenvalue weighted by atomic mass is 16.5. The molecule has 2 atom stereocenters. The van der Waals surface area contributed by atoms with Crippen molar-refractivity contribution in [1.29, 1.82) is 0 Å². The minimum atomic E-state index is -0.327. The Morgan fingerprint density at radius 1 is 1.48 bits per heavy atom. The van der Waals surface area contributed by atoms with Gasteiger partial charge in [0.15, 0.2) is 0 Å². The summed E-state index contributed by atoms with van der Waals surface area (Å²) >= 11 is 0. The fourth-order valence-electron chi connectivity index (χ4n) is 2.40. The zero-order chi connectivity index (χ0) is 14.7. The molecule has 6 heteroatoms. The van der Waals surface area contributed by atoms with Crippen LogP contribution in [0.1, 0.15) is 6.92 Å². The molecule has 110 valence electrons. The van der Waals surface area contributed by atoms with Gasteiger partial charge in [0.25, 0.3) is 0 Å². The third kappa shape index (κ3) is 3.12. The molecule has 0 radical (unpaired) electrons. The zero-order valence-electron chi connectivity index (χ0n) is 11.8. The van der Waals surface area contributed by atoms with Crippen molar-refractivity contribution >= 4 is 11.6 Å². The highest BCUT2D eigenvalue weighted by molar-refractivity contribution is 5.95. The minimum Gasteiger partial charge on any atom is -0.375 e. The molecule has 0 unspecified atom stereocenters. The number of amides is 1. The topological polar surface area (TPSA) is 68.2 Å². The number of aromatic nitrogens is 2. The Balaban J connectivity index is 1.73. The second-order valence-electron chi connectivity index (χ2n) is 5.00. The van der Waals surface area contributed by atoms with E-state index in [1.165, 1.54) is 0 Å². The highest BCUT2D eigenvalue weighted by Crippen LogP contribution is 2.15. The molecule has 2 N–H and O–H groups in total. The van der Waals surface area contributed by atoms with E-state index < -0.39 is 0 Å². The van der Waals surface area contributed by atoms with Gasteiger partial charge in [-0.05, 0) is 31.2 Å². The van der Waals surface area contributed by atoms with Gasteiger partial charge in [0.1, 0.15) is 6.04 Å². The number of ether oxygens (including phenoxy) is 1. The average Bonchev–Trinajstić information content (AvgIpc) is 3.02. The van der Waals surface area contributed by atoms with E-state index in [2.05, 4.69) is 15.7 Å². The summed E-state index contributed by atoms with van der Waals surface area (Å²) < 4.78 is 7.24. The van der Waals surface area contributed by atoms with Gasteiger partial charge < -0.3 is 15.4 Å². The quantitative estimate of drug-likeness (QED) is 0.889. The van der Waals surface area contributed by atoms with E-state index in [0.29, 0.717) is 13.2 Å². The molecule has 1 amide bonds. The van der Waals surface area contributed by atoms with Crippen molar-refractivity contribution in [2.75, 3.05) is 18.5 Å². The minimum absolute atomic E-state index is 0.0835. The van der Waals surface area contributed by atoms with Crippen LogP contribution < -0.4 is 10.6 Å². The molecule has 3 rings (SSSR count). The largest absolute Gasteiger partial charge is 0.375 e. The van der Waals surface area contributed by atoms with Crippen LogP contribution in [0.25, 0.3) is 5.69 Å². The molecule has 0 saturated carbocycles. The van der Waals surface area contributed by atoms with Gasteiger partial charge in [-0.1, -0.05) is 6.07 Å². The predicted octanol–water partition coefficient (Wildman–Crippen LogP) is 1.19. The number of carbonyl (C=O) groups is 1. The molecule has 0 spiro atoms. The number of benzene rings is 1. The van der Waals surface area contributed by atoms with Gasteiger partial charge in [-0.3, -0.25) is 4.79 Å². The first-order valence-electron chi connectivity index (χ1n) is 7.00. The Morgan fingerprint density at radius 3 is 3.14 bits per heavy atom. The zero-order valence-corrected chi connectivity index (χ0v) is 11.8. The van der Waals surface area contributed by atoms with Crippen molar-refractivity contribution in [3.05, 3.63) is 42.7 Å². The van der Waals surface area contributed by atoms with E-state index in [1.54, 1.807) is 10.9 Å². The lowest BCUT2D eigenvalue weighted by Gasteiger charge is -2.29. The van der Waals surface area contributed by atoms with Gasteiger partial charge >= 0.3 is 0 Å². The number of anilines is 1. The van der Waals surface area contributed by atoms with E-state index in [9.17, 15) is 4.79 Å². The first kappa shape index (κ1) is 13.8. The third-order valence-electron chi connectivity index (χ3n) is 3.48. The Hall–Kier alpha value is -2.18. The second kappa shape index (κ2) is 6.07. The smallest absolute Gasteiger partial charge is 0.244 e. The van der Waals surface area contributed by atoms with E-state index in [1.807, 2.05) is 43.5 Å². The van der Waals surface area contributed by atoms with Crippen LogP contribution in [0.4, 0.5) is 5.69 Å². The normalized spacial score (nSPS) is 22.0. The Bertz CT molecular complexity index is 612. The summed E-state index contributed by atoms with van der Waals surface area (Å²) in [5.74, 6) is -0.0835. The first-order chi connectivity index (χ1) is 10.2. The summed E-state index contributed by atoms with van der Waals surface area (Å²) in [6, 6.07) is 9.11. The lowest BCUT2D eigenvalue weighted by atomic mass is 10.1. The predicted molar refractivity (Wildman–Crippen MR) is 79.4 cm³/mol. The van der Waals surface area contributed by atoms with Crippen molar-refractivity contribution in [3.63, 3.8) is 0 Å². The van der Waals surface area contributed by atoms with Crippen LogP contribution in [0.5, 0.6) is 0 Å². The summed E-state index contributed by atoms with van der Waals surface area (Å²) in [6.07, 6.45) is 3.45. The molecule has 1 aromatic heterocycles. The number of hydrogen-bond acceptors (Lipinski definition) is 4. The fourth-order valence-corrected chi connectivity index (χ4v) is 2.40. The van der Waals surface area contributed by atoms with Crippen molar-refractivity contribution < 1.29 is 9.53 Å². The molecule has 1 aromatic carbocycles. The summed E-state index contributed by atoms with van der Waals surface area (Å²) in [5, 5.41) is 10.3. The molecular formula is C15H18N4O2. The average molecular weight is 286 g/mol. The van der Waals surface area contributed by atoms with Gasteiger partial charge in [-0.15, -0.1) is 0 Å².